The summed E-state index contributed by atoms with van der Waals surface area (Å²) in [4.78, 5) is 6.95. The van der Waals surface area contributed by atoms with E-state index >= 15 is 0 Å². The number of ether oxygens (including phenoxy) is 1. The van der Waals surface area contributed by atoms with Gasteiger partial charge in [0, 0.05) is 24.3 Å². The standard InChI is InChI=1S/C16H27N3O/c1-4-17-11-14-8-9-16(18-13(14)2)20-12-15-7-5-6-10-19(15)3/h8-9,15,17H,4-7,10-12H2,1-3H3. The van der Waals surface area contributed by atoms with Crippen LogP contribution >= 0.6 is 0 Å². The van der Waals surface area contributed by atoms with Gasteiger partial charge in [-0.25, -0.2) is 4.98 Å². The molecule has 1 N–H and O–H groups in total. The lowest BCUT2D eigenvalue weighted by Crippen LogP contribution is -2.40. The number of nitrogens with zero attached hydrogens (tertiary/aromatic N) is 2. The highest BCUT2D eigenvalue weighted by Crippen LogP contribution is 2.17. The Morgan fingerprint density at radius 2 is 2.25 bits per heavy atom. The van der Waals surface area contributed by atoms with Crippen molar-refractivity contribution in [3.63, 3.8) is 0 Å². The van der Waals surface area contributed by atoms with E-state index in [4.69, 9.17) is 4.74 Å². The summed E-state index contributed by atoms with van der Waals surface area (Å²) in [6, 6.07) is 4.64. The minimum Gasteiger partial charge on any atom is -0.476 e. The Bertz CT molecular complexity index is 422. The number of rotatable bonds is 6. The van der Waals surface area contributed by atoms with Crippen LogP contribution in [0.15, 0.2) is 12.1 Å². The van der Waals surface area contributed by atoms with Crippen molar-refractivity contribution in [2.45, 2.75) is 45.7 Å². The van der Waals surface area contributed by atoms with Gasteiger partial charge >= 0.3 is 0 Å². The Morgan fingerprint density at radius 1 is 1.40 bits per heavy atom. The average Bonchev–Trinajstić information content (AvgIpc) is 2.45. The predicted octanol–water partition coefficient (Wildman–Crippen LogP) is 2.36. The van der Waals surface area contributed by atoms with Crippen LogP contribution < -0.4 is 10.1 Å². The number of piperidine rings is 1. The van der Waals surface area contributed by atoms with Crippen molar-refractivity contribution < 1.29 is 4.74 Å². The van der Waals surface area contributed by atoms with Gasteiger partial charge in [-0.3, -0.25) is 0 Å². The molecule has 2 heterocycles. The molecule has 1 aliphatic rings. The van der Waals surface area contributed by atoms with Crippen LogP contribution in [0, 0.1) is 6.92 Å². The molecule has 0 spiro atoms. The van der Waals surface area contributed by atoms with Crippen molar-refractivity contribution in [2.75, 3.05) is 26.7 Å². The topological polar surface area (TPSA) is 37.4 Å². The van der Waals surface area contributed by atoms with Gasteiger partial charge < -0.3 is 15.0 Å². The molecule has 1 unspecified atom stereocenters. The van der Waals surface area contributed by atoms with Gasteiger partial charge in [0.2, 0.25) is 5.88 Å². The number of aromatic nitrogens is 1. The summed E-state index contributed by atoms with van der Waals surface area (Å²) in [7, 11) is 2.19. The number of aryl methyl sites for hydroxylation is 1. The summed E-state index contributed by atoms with van der Waals surface area (Å²) in [5.74, 6) is 0.752. The lowest BCUT2D eigenvalue weighted by Gasteiger charge is -2.32. The van der Waals surface area contributed by atoms with Crippen molar-refractivity contribution >= 4 is 0 Å². The number of hydrogen-bond donors (Lipinski definition) is 1. The molecule has 2 rings (SSSR count). The third-order valence-electron chi connectivity index (χ3n) is 4.08. The van der Waals surface area contributed by atoms with Gasteiger partial charge in [0.25, 0.3) is 0 Å². The van der Waals surface area contributed by atoms with Gasteiger partial charge in [-0.15, -0.1) is 0 Å². The first-order valence-corrected chi connectivity index (χ1v) is 7.71. The van der Waals surface area contributed by atoms with Crippen LogP contribution in [0.5, 0.6) is 5.88 Å². The molecule has 1 aromatic heterocycles. The van der Waals surface area contributed by atoms with Crippen LogP contribution in [0.1, 0.15) is 37.4 Å². The zero-order valence-corrected chi connectivity index (χ0v) is 13.0. The third-order valence-corrected chi connectivity index (χ3v) is 4.08. The van der Waals surface area contributed by atoms with Crippen molar-refractivity contribution in [1.29, 1.82) is 0 Å². The van der Waals surface area contributed by atoms with E-state index in [2.05, 4.69) is 35.2 Å². The van der Waals surface area contributed by atoms with Crippen LogP contribution in [-0.4, -0.2) is 42.7 Å². The maximum Gasteiger partial charge on any atom is 0.213 e. The first-order chi connectivity index (χ1) is 9.70. The number of nitrogens with one attached hydrogen (secondary N) is 1. The molecule has 1 saturated heterocycles. The monoisotopic (exact) mass is 277 g/mol. The van der Waals surface area contributed by atoms with E-state index in [1.807, 2.05) is 13.0 Å². The highest BCUT2D eigenvalue weighted by Gasteiger charge is 2.19. The fraction of sp³-hybridized carbons (Fsp3) is 0.688. The van der Waals surface area contributed by atoms with E-state index in [1.165, 1.54) is 31.4 Å². The Kier molecular flexibility index (Phi) is 5.80. The minimum absolute atomic E-state index is 0.535. The van der Waals surface area contributed by atoms with E-state index in [9.17, 15) is 0 Å². The second-order valence-electron chi connectivity index (χ2n) is 5.62. The molecule has 0 aliphatic carbocycles. The molecule has 0 radical (unpaired) electrons. The summed E-state index contributed by atoms with van der Waals surface area (Å²) in [5, 5.41) is 3.33. The SMILES string of the molecule is CCNCc1ccc(OCC2CCCCN2C)nc1C. The number of hydrogen-bond acceptors (Lipinski definition) is 4. The zero-order valence-electron chi connectivity index (χ0n) is 13.0. The molecule has 0 bridgehead atoms. The molecule has 1 aromatic rings. The highest BCUT2D eigenvalue weighted by atomic mass is 16.5. The van der Waals surface area contributed by atoms with E-state index in [-0.39, 0.29) is 0 Å². The number of likely N-dealkylation sites (tertiary alicyclic amines) is 1. The minimum atomic E-state index is 0.535. The van der Waals surface area contributed by atoms with Gasteiger partial charge in [0.05, 0.1) is 0 Å². The Labute approximate surface area is 122 Å². The number of likely N-dealkylation sites (N-methyl/N-ethyl adjacent to an activating group) is 1. The molecule has 112 valence electrons. The van der Waals surface area contributed by atoms with Gasteiger partial charge in [-0.1, -0.05) is 19.4 Å². The van der Waals surface area contributed by atoms with E-state index in [0.29, 0.717) is 6.04 Å². The normalized spacial score (nSPS) is 20.1. The molecule has 20 heavy (non-hydrogen) atoms. The molecule has 4 heteroatoms. The first kappa shape index (κ1) is 15.3. The fourth-order valence-corrected chi connectivity index (χ4v) is 2.63. The summed E-state index contributed by atoms with van der Waals surface area (Å²) < 4.78 is 5.88. The summed E-state index contributed by atoms with van der Waals surface area (Å²) in [5.41, 5.74) is 2.30. The highest BCUT2D eigenvalue weighted by molar-refractivity contribution is 5.24. The maximum atomic E-state index is 5.88. The Balaban J connectivity index is 1.88. The number of pyridine rings is 1. The fourth-order valence-electron chi connectivity index (χ4n) is 2.63. The first-order valence-electron chi connectivity index (χ1n) is 7.71. The van der Waals surface area contributed by atoms with Gasteiger partial charge in [0.1, 0.15) is 6.61 Å². The van der Waals surface area contributed by atoms with Crippen LogP contribution in [0.3, 0.4) is 0 Å². The smallest absolute Gasteiger partial charge is 0.213 e. The van der Waals surface area contributed by atoms with Crippen LogP contribution in [0.4, 0.5) is 0 Å². The summed E-state index contributed by atoms with van der Waals surface area (Å²) in [6.45, 7) is 7.94. The molecule has 1 atom stereocenters. The molecular weight excluding hydrogens is 250 g/mol. The zero-order chi connectivity index (χ0) is 14.4. The van der Waals surface area contributed by atoms with Gasteiger partial charge in [0.15, 0.2) is 0 Å². The van der Waals surface area contributed by atoms with Crippen LogP contribution in [-0.2, 0) is 6.54 Å². The third kappa shape index (κ3) is 4.18. The average molecular weight is 277 g/mol. The second-order valence-corrected chi connectivity index (χ2v) is 5.62. The summed E-state index contributed by atoms with van der Waals surface area (Å²) in [6.07, 6.45) is 3.85. The van der Waals surface area contributed by atoms with Crippen LogP contribution in [0.2, 0.25) is 0 Å². The largest absolute Gasteiger partial charge is 0.476 e. The Morgan fingerprint density at radius 3 is 2.95 bits per heavy atom. The van der Waals surface area contributed by atoms with Crippen molar-refractivity contribution in [1.82, 2.24) is 15.2 Å². The molecule has 4 nitrogen and oxygen atoms in total. The lowest BCUT2D eigenvalue weighted by atomic mass is 10.0. The van der Waals surface area contributed by atoms with E-state index in [0.717, 1.165) is 31.3 Å². The predicted molar refractivity (Wildman–Crippen MR) is 82.1 cm³/mol. The van der Waals surface area contributed by atoms with Crippen molar-refractivity contribution in [3.8, 4) is 5.88 Å². The molecule has 0 amide bonds. The van der Waals surface area contributed by atoms with Gasteiger partial charge in [-0.05, 0) is 45.5 Å². The molecule has 0 saturated carbocycles. The van der Waals surface area contributed by atoms with Crippen molar-refractivity contribution in [2.24, 2.45) is 0 Å². The summed E-state index contributed by atoms with van der Waals surface area (Å²) >= 11 is 0. The molecule has 1 aliphatic heterocycles. The quantitative estimate of drug-likeness (QED) is 0.866. The molecular formula is C16H27N3O. The Hall–Kier alpha value is -1.13. The maximum absolute atomic E-state index is 5.88. The molecule has 1 fully saturated rings. The van der Waals surface area contributed by atoms with Gasteiger partial charge in [-0.2, -0.15) is 0 Å². The van der Waals surface area contributed by atoms with E-state index in [1.54, 1.807) is 0 Å². The van der Waals surface area contributed by atoms with E-state index < -0.39 is 0 Å². The van der Waals surface area contributed by atoms with Crippen LogP contribution in [0.25, 0.3) is 0 Å². The van der Waals surface area contributed by atoms with Crippen molar-refractivity contribution in [3.05, 3.63) is 23.4 Å². The second kappa shape index (κ2) is 7.60. The molecule has 0 aromatic carbocycles. The lowest BCUT2D eigenvalue weighted by molar-refractivity contribution is 0.122.